The molecule has 25 heavy (non-hydrogen) atoms. The highest BCUT2D eigenvalue weighted by atomic mass is 16.2. The highest BCUT2D eigenvalue weighted by Crippen LogP contribution is 2.21. The Bertz CT molecular complexity index is 570. The lowest BCUT2D eigenvalue weighted by Gasteiger charge is -2.37. The smallest absolute Gasteiger partial charge is 0.317 e. The molecule has 138 valence electrons. The van der Waals surface area contributed by atoms with Crippen LogP contribution in [0.15, 0.2) is 24.3 Å². The summed E-state index contributed by atoms with van der Waals surface area (Å²) in [5, 5.41) is 3.28. The van der Waals surface area contributed by atoms with Gasteiger partial charge in [-0.3, -0.25) is 4.90 Å². The van der Waals surface area contributed by atoms with Crippen molar-refractivity contribution in [2.45, 2.75) is 52.6 Å². The number of hydrogen-bond acceptors (Lipinski definition) is 2. The summed E-state index contributed by atoms with van der Waals surface area (Å²) in [6.45, 7) is 11.6. The first kappa shape index (κ1) is 18.2. The maximum absolute atomic E-state index is 12.6. The molecule has 0 bridgehead atoms. The van der Waals surface area contributed by atoms with Crippen LogP contribution in [0.1, 0.15) is 44.2 Å². The van der Waals surface area contributed by atoms with Gasteiger partial charge in [0, 0.05) is 38.8 Å². The second-order valence-electron chi connectivity index (χ2n) is 8.34. The number of benzene rings is 1. The predicted octanol–water partition coefficient (Wildman–Crippen LogP) is 3.65. The van der Waals surface area contributed by atoms with Crippen LogP contribution in [0, 0.1) is 18.8 Å². The Balaban J connectivity index is 1.43. The molecule has 2 aliphatic heterocycles. The standard InChI is InChI=1S/C21H33N3O/c1-16-5-4-6-19(12-16)15-23-9-7-20(8-10-23)22-21(25)24-13-17(2)11-18(3)14-24/h4-6,12,17-18,20H,7-11,13-15H2,1-3H3,(H,22,25)/t17-,18+. The number of nitrogens with one attached hydrogen (secondary N) is 1. The summed E-state index contributed by atoms with van der Waals surface area (Å²) >= 11 is 0. The Morgan fingerprint density at radius 2 is 1.84 bits per heavy atom. The van der Waals surface area contributed by atoms with E-state index in [0.29, 0.717) is 17.9 Å². The van der Waals surface area contributed by atoms with E-state index in [2.05, 4.69) is 55.3 Å². The number of aryl methyl sites for hydroxylation is 1. The number of carbonyl (C=O) groups excluding carboxylic acids is 1. The lowest BCUT2D eigenvalue weighted by Crippen LogP contribution is -2.52. The van der Waals surface area contributed by atoms with Crippen LogP contribution in [0.5, 0.6) is 0 Å². The monoisotopic (exact) mass is 343 g/mol. The zero-order chi connectivity index (χ0) is 17.8. The molecule has 2 aliphatic rings. The van der Waals surface area contributed by atoms with E-state index in [4.69, 9.17) is 0 Å². The fourth-order valence-electron chi connectivity index (χ4n) is 4.40. The number of nitrogens with zero attached hydrogens (tertiary/aromatic N) is 2. The first-order valence-corrected chi connectivity index (χ1v) is 9.83. The molecule has 2 atom stereocenters. The van der Waals surface area contributed by atoms with Gasteiger partial charge in [-0.1, -0.05) is 43.7 Å². The van der Waals surface area contributed by atoms with Gasteiger partial charge in [-0.15, -0.1) is 0 Å². The van der Waals surface area contributed by atoms with Crippen LogP contribution in [0.3, 0.4) is 0 Å². The van der Waals surface area contributed by atoms with Gasteiger partial charge in [0.05, 0.1) is 0 Å². The average molecular weight is 344 g/mol. The summed E-state index contributed by atoms with van der Waals surface area (Å²) in [5.41, 5.74) is 2.71. The van der Waals surface area contributed by atoms with Gasteiger partial charge in [-0.25, -0.2) is 4.79 Å². The molecule has 2 amide bonds. The Morgan fingerprint density at radius 1 is 1.16 bits per heavy atom. The van der Waals surface area contributed by atoms with Crippen LogP contribution in [0.25, 0.3) is 0 Å². The number of urea groups is 1. The summed E-state index contributed by atoms with van der Waals surface area (Å²) in [5.74, 6) is 1.23. The molecule has 0 saturated carbocycles. The molecule has 2 heterocycles. The van der Waals surface area contributed by atoms with Gasteiger partial charge < -0.3 is 10.2 Å². The molecule has 3 rings (SSSR count). The van der Waals surface area contributed by atoms with Gasteiger partial charge in [0.2, 0.25) is 0 Å². The van der Waals surface area contributed by atoms with E-state index in [1.807, 2.05) is 4.90 Å². The zero-order valence-corrected chi connectivity index (χ0v) is 16.0. The van der Waals surface area contributed by atoms with Crippen LogP contribution in [-0.4, -0.2) is 48.1 Å². The van der Waals surface area contributed by atoms with Crippen molar-refractivity contribution < 1.29 is 4.79 Å². The van der Waals surface area contributed by atoms with E-state index in [1.165, 1.54) is 17.5 Å². The molecule has 0 aliphatic carbocycles. The Labute approximate surface area is 152 Å². The van der Waals surface area contributed by atoms with E-state index in [1.54, 1.807) is 0 Å². The second kappa shape index (κ2) is 8.22. The first-order chi connectivity index (χ1) is 12.0. The molecule has 0 radical (unpaired) electrons. The number of hydrogen-bond donors (Lipinski definition) is 1. The molecule has 4 heteroatoms. The number of rotatable bonds is 3. The van der Waals surface area contributed by atoms with Crippen molar-refractivity contribution in [2.75, 3.05) is 26.2 Å². The van der Waals surface area contributed by atoms with Crippen molar-refractivity contribution in [3.8, 4) is 0 Å². The van der Waals surface area contributed by atoms with E-state index in [0.717, 1.165) is 45.6 Å². The maximum atomic E-state index is 12.6. The number of likely N-dealkylation sites (tertiary alicyclic amines) is 2. The SMILES string of the molecule is Cc1cccc(CN2CCC(NC(=O)N3C[C@H](C)C[C@H](C)C3)CC2)c1. The summed E-state index contributed by atoms with van der Waals surface area (Å²) in [4.78, 5) is 17.1. The van der Waals surface area contributed by atoms with Gasteiger partial charge in [0.1, 0.15) is 0 Å². The lowest BCUT2D eigenvalue weighted by atomic mass is 9.92. The summed E-state index contributed by atoms with van der Waals surface area (Å²) < 4.78 is 0. The quantitative estimate of drug-likeness (QED) is 0.909. The van der Waals surface area contributed by atoms with Crippen molar-refractivity contribution in [3.05, 3.63) is 35.4 Å². The Kier molecular flexibility index (Phi) is 6.00. The third-order valence-electron chi connectivity index (χ3n) is 5.56. The molecule has 0 aromatic heterocycles. The minimum atomic E-state index is 0.149. The van der Waals surface area contributed by atoms with Crippen LogP contribution in [-0.2, 0) is 6.54 Å². The molecule has 2 fully saturated rings. The van der Waals surface area contributed by atoms with Crippen molar-refractivity contribution >= 4 is 6.03 Å². The average Bonchev–Trinajstić information content (AvgIpc) is 2.56. The summed E-state index contributed by atoms with van der Waals surface area (Å²) in [7, 11) is 0. The highest BCUT2D eigenvalue weighted by Gasteiger charge is 2.28. The van der Waals surface area contributed by atoms with Crippen LogP contribution in [0.4, 0.5) is 4.79 Å². The second-order valence-corrected chi connectivity index (χ2v) is 8.34. The maximum Gasteiger partial charge on any atom is 0.317 e. The minimum Gasteiger partial charge on any atom is -0.335 e. The lowest BCUT2D eigenvalue weighted by molar-refractivity contribution is 0.135. The van der Waals surface area contributed by atoms with Gasteiger partial charge >= 0.3 is 6.03 Å². The van der Waals surface area contributed by atoms with Crippen molar-refractivity contribution in [1.82, 2.24) is 15.1 Å². The largest absolute Gasteiger partial charge is 0.335 e. The minimum absolute atomic E-state index is 0.149. The third kappa shape index (κ3) is 5.21. The van der Waals surface area contributed by atoms with Gasteiger partial charge in [-0.2, -0.15) is 0 Å². The normalized spacial score (nSPS) is 25.8. The van der Waals surface area contributed by atoms with E-state index in [9.17, 15) is 4.79 Å². The molecule has 1 N–H and O–H groups in total. The van der Waals surface area contributed by atoms with Crippen molar-refractivity contribution in [1.29, 1.82) is 0 Å². The summed E-state index contributed by atoms with van der Waals surface area (Å²) in [6.07, 6.45) is 3.34. The molecule has 4 nitrogen and oxygen atoms in total. The van der Waals surface area contributed by atoms with Gasteiger partial charge in [-0.05, 0) is 43.6 Å². The number of amides is 2. The van der Waals surface area contributed by atoms with Gasteiger partial charge in [0.25, 0.3) is 0 Å². The summed E-state index contributed by atoms with van der Waals surface area (Å²) in [6, 6.07) is 9.24. The van der Waals surface area contributed by atoms with E-state index in [-0.39, 0.29) is 6.03 Å². The van der Waals surface area contributed by atoms with Gasteiger partial charge in [0.15, 0.2) is 0 Å². The van der Waals surface area contributed by atoms with Crippen molar-refractivity contribution in [2.24, 2.45) is 11.8 Å². The number of carbonyl (C=O) groups is 1. The first-order valence-electron chi connectivity index (χ1n) is 9.83. The van der Waals surface area contributed by atoms with E-state index < -0.39 is 0 Å². The molecule has 1 aromatic carbocycles. The molecule has 0 spiro atoms. The fourth-order valence-corrected chi connectivity index (χ4v) is 4.40. The highest BCUT2D eigenvalue weighted by molar-refractivity contribution is 5.74. The van der Waals surface area contributed by atoms with Crippen molar-refractivity contribution in [3.63, 3.8) is 0 Å². The Morgan fingerprint density at radius 3 is 2.48 bits per heavy atom. The van der Waals surface area contributed by atoms with Crippen LogP contribution < -0.4 is 5.32 Å². The third-order valence-corrected chi connectivity index (χ3v) is 5.56. The van der Waals surface area contributed by atoms with E-state index >= 15 is 0 Å². The van der Waals surface area contributed by atoms with Crippen LogP contribution >= 0.6 is 0 Å². The zero-order valence-electron chi connectivity index (χ0n) is 16.0. The Hall–Kier alpha value is -1.55. The fraction of sp³-hybridized carbons (Fsp3) is 0.667. The molecule has 2 saturated heterocycles. The number of piperidine rings is 2. The molecular formula is C21H33N3O. The molecular weight excluding hydrogens is 310 g/mol. The topological polar surface area (TPSA) is 35.6 Å². The van der Waals surface area contributed by atoms with Crippen LogP contribution in [0.2, 0.25) is 0 Å². The molecule has 0 unspecified atom stereocenters. The predicted molar refractivity (Wildman–Crippen MR) is 103 cm³/mol. The molecule has 1 aromatic rings.